The first-order chi connectivity index (χ1) is 5.95. The average molecular weight is 256 g/mol. The molecule has 0 fully saturated rings. The van der Waals surface area contributed by atoms with Crippen molar-refractivity contribution in [2.75, 3.05) is 7.11 Å². The molecule has 0 aliphatic rings. The Hall–Kier alpha value is -0.780. The van der Waals surface area contributed by atoms with Crippen molar-refractivity contribution < 1.29 is 17.9 Å². The van der Waals surface area contributed by atoms with E-state index < -0.39 is 11.9 Å². The summed E-state index contributed by atoms with van der Waals surface area (Å²) in [6, 6.07) is 1.22. The van der Waals surface area contributed by atoms with Crippen molar-refractivity contribution in [2.24, 2.45) is 0 Å². The highest BCUT2D eigenvalue weighted by atomic mass is 79.9. The lowest BCUT2D eigenvalue weighted by molar-refractivity contribution is -0.142. The highest BCUT2D eigenvalue weighted by Gasteiger charge is 2.36. The molecule has 1 heterocycles. The fourth-order valence-corrected chi connectivity index (χ4v) is 1.10. The van der Waals surface area contributed by atoms with Gasteiger partial charge in [-0.2, -0.15) is 13.2 Å². The van der Waals surface area contributed by atoms with Crippen LogP contribution in [0.15, 0.2) is 16.7 Å². The summed E-state index contributed by atoms with van der Waals surface area (Å²) in [6.45, 7) is 0. The van der Waals surface area contributed by atoms with Gasteiger partial charge in [0.25, 0.3) is 0 Å². The zero-order chi connectivity index (χ0) is 10.1. The maximum atomic E-state index is 12.2. The predicted molar refractivity (Wildman–Crippen MR) is 43.5 cm³/mol. The van der Waals surface area contributed by atoms with E-state index in [-0.39, 0.29) is 5.75 Å². The first-order valence-corrected chi connectivity index (χ1v) is 4.01. The normalized spacial score (nSPS) is 11.5. The van der Waals surface area contributed by atoms with E-state index >= 15 is 0 Å². The molecule has 0 bridgehead atoms. The second-order valence-corrected chi connectivity index (χ2v) is 3.12. The van der Waals surface area contributed by atoms with Gasteiger partial charge in [0, 0.05) is 10.7 Å². The lowest BCUT2D eigenvalue weighted by atomic mass is 10.3. The molecule has 1 rings (SSSR count). The molecular formula is C7H5BrF3NO. The molecule has 1 aromatic heterocycles. The molecule has 0 spiro atoms. The molecule has 6 heteroatoms. The van der Waals surface area contributed by atoms with Crippen LogP contribution in [0, 0.1) is 0 Å². The summed E-state index contributed by atoms with van der Waals surface area (Å²) in [5.74, 6) is -0.290. The van der Waals surface area contributed by atoms with E-state index in [2.05, 4.69) is 25.7 Å². The topological polar surface area (TPSA) is 22.1 Å². The van der Waals surface area contributed by atoms with E-state index in [0.717, 1.165) is 6.20 Å². The van der Waals surface area contributed by atoms with Gasteiger partial charge in [0.05, 0.1) is 7.11 Å². The standard InChI is InChI=1S/C7H5BrF3NO/c1-13-5-2-4(8)3-12-6(5)7(9,10)11/h2-3H,1H3. The Morgan fingerprint density at radius 1 is 1.46 bits per heavy atom. The highest BCUT2D eigenvalue weighted by molar-refractivity contribution is 9.10. The van der Waals surface area contributed by atoms with E-state index in [9.17, 15) is 13.2 Å². The third-order valence-electron chi connectivity index (χ3n) is 1.31. The maximum Gasteiger partial charge on any atom is 0.437 e. The van der Waals surface area contributed by atoms with E-state index in [4.69, 9.17) is 0 Å². The van der Waals surface area contributed by atoms with E-state index in [0.29, 0.717) is 4.47 Å². The van der Waals surface area contributed by atoms with Gasteiger partial charge in [-0.3, -0.25) is 0 Å². The quantitative estimate of drug-likeness (QED) is 0.770. The van der Waals surface area contributed by atoms with Gasteiger partial charge in [0.1, 0.15) is 0 Å². The molecule has 0 atom stereocenters. The number of rotatable bonds is 1. The van der Waals surface area contributed by atoms with Gasteiger partial charge in [-0.25, -0.2) is 4.98 Å². The summed E-state index contributed by atoms with van der Waals surface area (Å²) in [6.07, 6.45) is -3.41. The number of hydrogen-bond donors (Lipinski definition) is 0. The van der Waals surface area contributed by atoms with Crippen LogP contribution in [-0.2, 0) is 6.18 Å². The Balaban J connectivity index is 3.22. The molecule has 0 aliphatic carbocycles. The summed E-state index contributed by atoms with van der Waals surface area (Å²) in [5.41, 5.74) is -1.02. The van der Waals surface area contributed by atoms with Crippen LogP contribution >= 0.6 is 15.9 Å². The minimum atomic E-state index is -4.48. The third-order valence-corrected chi connectivity index (χ3v) is 1.74. The van der Waals surface area contributed by atoms with E-state index in [1.807, 2.05) is 0 Å². The third kappa shape index (κ3) is 2.33. The zero-order valence-electron chi connectivity index (χ0n) is 6.52. The van der Waals surface area contributed by atoms with Crippen molar-refractivity contribution in [2.45, 2.75) is 6.18 Å². The first kappa shape index (κ1) is 10.3. The van der Waals surface area contributed by atoms with Crippen LogP contribution in [0.4, 0.5) is 13.2 Å². The largest absolute Gasteiger partial charge is 0.494 e. The van der Waals surface area contributed by atoms with Gasteiger partial charge in [-0.05, 0) is 22.0 Å². The Morgan fingerprint density at radius 3 is 2.54 bits per heavy atom. The molecule has 0 saturated carbocycles. The van der Waals surface area contributed by atoms with Crippen molar-refractivity contribution in [3.8, 4) is 5.75 Å². The Morgan fingerprint density at radius 2 is 2.08 bits per heavy atom. The number of methoxy groups -OCH3 is 1. The van der Waals surface area contributed by atoms with Gasteiger partial charge in [-0.1, -0.05) is 0 Å². The van der Waals surface area contributed by atoms with Gasteiger partial charge in [0.2, 0.25) is 0 Å². The molecule has 0 radical (unpaired) electrons. The minimum absolute atomic E-state index is 0.290. The summed E-state index contributed by atoms with van der Waals surface area (Å²) < 4.78 is 41.6. The SMILES string of the molecule is COc1cc(Br)cnc1C(F)(F)F. The van der Waals surface area contributed by atoms with Crippen LogP contribution in [0.5, 0.6) is 5.75 Å². The minimum Gasteiger partial charge on any atom is -0.494 e. The number of halogens is 4. The molecule has 0 N–H and O–H groups in total. The van der Waals surface area contributed by atoms with Gasteiger partial charge in [0.15, 0.2) is 11.4 Å². The smallest absolute Gasteiger partial charge is 0.437 e. The van der Waals surface area contributed by atoms with Gasteiger partial charge in [-0.15, -0.1) is 0 Å². The van der Waals surface area contributed by atoms with Crippen molar-refractivity contribution in [1.82, 2.24) is 4.98 Å². The molecule has 13 heavy (non-hydrogen) atoms. The second-order valence-electron chi connectivity index (χ2n) is 2.20. The molecule has 1 aromatic rings. The number of hydrogen-bond acceptors (Lipinski definition) is 2. The van der Waals surface area contributed by atoms with Crippen molar-refractivity contribution in [1.29, 1.82) is 0 Å². The first-order valence-electron chi connectivity index (χ1n) is 3.22. The lowest BCUT2D eigenvalue weighted by Crippen LogP contribution is -2.09. The predicted octanol–water partition coefficient (Wildman–Crippen LogP) is 2.87. The number of nitrogens with zero attached hydrogens (tertiary/aromatic N) is 1. The molecule has 0 unspecified atom stereocenters. The highest BCUT2D eigenvalue weighted by Crippen LogP contribution is 2.35. The number of ether oxygens (including phenoxy) is 1. The van der Waals surface area contributed by atoms with Crippen molar-refractivity contribution in [3.63, 3.8) is 0 Å². The lowest BCUT2D eigenvalue weighted by Gasteiger charge is -2.10. The zero-order valence-corrected chi connectivity index (χ0v) is 8.11. The molecule has 2 nitrogen and oxygen atoms in total. The van der Waals surface area contributed by atoms with E-state index in [1.165, 1.54) is 13.2 Å². The van der Waals surface area contributed by atoms with Crippen LogP contribution in [-0.4, -0.2) is 12.1 Å². The summed E-state index contributed by atoms with van der Waals surface area (Å²) in [7, 11) is 1.17. The fourth-order valence-electron chi connectivity index (χ4n) is 0.789. The van der Waals surface area contributed by atoms with Crippen LogP contribution in [0.1, 0.15) is 5.69 Å². The van der Waals surface area contributed by atoms with Crippen molar-refractivity contribution in [3.05, 3.63) is 22.4 Å². The Labute approximate surface area is 80.9 Å². The molecule has 72 valence electrons. The Kier molecular flexibility index (Phi) is 2.80. The van der Waals surface area contributed by atoms with Crippen LogP contribution in [0.25, 0.3) is 0 Å². The monoisotopic (exact) mass is 255 g/mol. The maximum absolute atomic E-state index is 12.2. The van der Waals surface area contributed by atoms with E-state index in [1.54, 1.807) is 0 Å². The average Bonchev–Trinajstić information content (AvgIpc) is 2.01. The van der Waals surface area contributed by atoms with Crippen LogP contribution < -0.4 is 4.74 Å². The van der Waals surface area contributed by atoms with Crippen LogP contribution in [0.3, 0.4) is 0 Å². The number of aromatic nitrogens is 1. The van der Waals surface area contributed by atoms with Crippen molar-refractivity contribution >= 4 is 15.9 Å². The fraction of sp³-hybridized carbons (Fsp3) is 0.286. The molecule has 0 amide bonds. The second kappa shape index (κ2) is 3.53. The molecule has 0 saturated heterocycles. The van der Waals surface area contributed by atoms with Gasteiger partial charge >= 0.3 is 6.18 Å². The Bertz CT molecular complexity index is 313. The summed E-state index contributed by atoms with van der Waals surface area (Å²) >= 11 is 2.99. The molecule has 0 aliphatic heterocycles. The molecule has 0 aromatic carbocycles. The summed E-state index contributed by atoms with van der Waals surface area (Å²) in [5, 5.41) is 0. The van der Waals surface area contributed by atoms with Gasteiger partial charge < -0.3 is 4.74 Å². The van der Waals surface area contributed by atoms with Crippen LogP contribution in [0.2, 0.25) is 0 Å². The molecular weight excluding hydrogens is 251 g/mol. The number of pyridine rings is 1. The summed E-state index contributed by atoms with van der Waals surface area (Å²) in [4.78, 5) is 3.22. The number of alkyl halides is 3.